The van der Waals surface area contributed by atoms with E-state index in [9.17, 15) is 20.1 Å². The van der Waals surface area contributed by atoms with Crippen molar-refractivity contribution >= 4 is 23.1 Å². The molecule has 2 saturated heterocycles. The van der Waals surface area contributed by atoms with Crippen LogP contribution in [-0.4, -0.2) is 72.8 Å². The normalized spacial score (nSPS) is 28.6. The molecule has 31 heavy (non-hydrogen) atoms. The van der Waals surface area contributed by atoms with Gasteiger partial charge >= 0.3 is 0 Å². The first kappa shape index (κ1) is 19.9. The smallest absolute Gasteiger partial charge is 0.280 e. The summed E-state index contributed by atoms with van der Waals surface area (Å²) < 4.78 is 7.23. The average Bonchev–Trinajstić information content (AvgIpc) is 3.46. The lowest BCUT2D eigenvalue weighted by Gasteiger charge is -2.24. The number of aromatic nitrogens is 4. The molecule has 3 aromatic rings. The number of imidazole rings is 1. The first-order valence-corrected chi connectivity index (χ1v) is 10.2. The first-order valence-electron chi connectivity index (χ1n) is 10.2. The second kappa shape index (κ2) is 7.61. The molecule has 0 spiro atoms. The highest BCUT2D eigenvalue weighted by Gasteiger charge is 2.46. The van der Waals surface area contributed by atoms with Crippen LogP contribution in [-0.2, 0) is 4.74 Å². The van der Waals surface area contributed by atoms with Gasteiger partial charge in [0.25, 0.3) is 5.56 Å². The molecule has 0 bridgehead atoms. The van der Waals surface area contributed by atoms with E-state index in [1.807, 2.05) is 23.1 Å². The third-order valence-electron chi connectivity index (χ3n) is 6.06. The number of nitrogens with one attached hydrogen (secondary N) is 1. The number of nitrogens with zero attached hydrogens (tertiary/aromatic N) is 4. The molecule has 2 fully saturated rings. The van der Waals surface area contributed by atoms with Crippen molar-refractivity contribution in [2.45, 2.75) is 36.9 Å². The number of rotatable bonds is 4. The molecule has 0 aliphatic carbocycles. The average molecular weight is 428 g/mol. The Balaban J connectivity index is 1.59. The third kappa shape index (κ3) is 3.26. The molecule has 0 saturated carbocycles. The summed E-state index contributed by atoms with van der Waals surface area (Å²) in [6, 6.07) is 10.1. The lowest BCUT2D eigenvalue weighted by Crippen LogP contribution is -2.34. The number of nitrogen functional groups attached to an aromatic ring is 1. The van der Waals surface area contributed by atoms with Gasteiger partial charge in [-0.25, -0.2) is 4.98 Å². The number of hydrogen-bond donors (Lipinski definition) is 5. The fourth-order valence-electron chi connectivity index (χ4n) is 4.48. The van der Waals surface area contributed by atoms with Crippen molar-refractivity contribution in [3.05, 3.63) is 46.2 Å². The number of aliphatic hydroxyl groups is 3. The van der Waals surface area contributed by atoms with E-state index in [0.29, 0.717) is 19.0 Å². The highest BCUT2D eigenvalue weighted by atomic mass is 16.6. The van der Waals surface area contributed by atoms with E-state index in [4.69, 9.17) is 10.5 Å². The summed E-state index contributed by atoms with van der Waals surface area (Å²) in [7, 11) is 0. The van der Waals surface area contributed by atoms with Crippen LogP contribution in [0.1, 0.15) is 24.1 Å². The zero-order valence-corrected chi connectivity index (χ0v) is 16.6. The summed E-state index contributed by atoms with van der Waals surface area (Å²) in [6.07, 6.45) is -3.81. The van der Waals surface area contributed by atoms with Gasteiger partial charge in [0.1, 0.15) is 18.3 Å². The van der Waals surface area contributed by atoms with Gasteiger partial charge in [0.05, 0.1) is 6.61 Å². The Hall–Kier alpha value is -2.99. The van der Waals surface area contributed by atoms with E-state index >= 15 is 0 Å². The monoisotopic (exact) mass is 428 g/mol. The molecule has 4 heterocycles. The van der Waals surface area contributed by atoms with Crippen molar-refractivity contribution in [1.29, 1.82) is 0 Å². The number of benzene rings is 1. The Bertz CT molecular complexity index is 1150. The van der Waals surface area contributed by atoms with Crippen molar-refractivity contribution in [3.8, 4) is 0 Å². The maximum atomic E-state index is 12.5. The molecule has 5 rings (SSSR count). The minimum Gasteiger partial charge on any atom is -0.394 e. The van der Waals surface area contributed by atoms with Gasteiger partial charge in [-0.15, -0.1) is 0 Å². The second-order valence-electron chi connectivity index (χ2n) is 7.98. The van der Waals surface area contributed by atoms with Crippen LogP contribution in [0.4, 0.5) is 11.9 Å². The van der Waals surface area contributed by atoms with Crippen LogP contribution < -0.4 is 16.2 Å². The summed E-state index contributed by atoms with van der Waals surface area (Å²) in [6.45, 7) is 0.854. The predicted molar refractivity (Wildman–Crippen MR) is 112 cm³/mol. The predicted octanol–water partition coefficient (Wildman–Crippen LogP) is -0.693. The second-order valence-corrected chi connectivity index (χ2v) is 7.98. The standard InChI is InChI=1S/C20H24N6O5/c21-19-23-16-13(17(30)24-19)22-20(26(16)18-15(29)14(28)12(9-27)31-18)25-7-6-11(8-25)10-4-2-1-3-5-10/h1-5,11-12,14-15,18,27-29H,6-9H2,(H3,21,23,24,30)/t11-,12+,14+,15-,18+/m0/s1. The van der Waals surface area contributed by atoms with Crippen molar-refractivity contribution < 1.29 is 20.1 Å². The molecule has 11 nitrogen and oxygen atoms in total. The lowest BCUT2D eigenvalue weighted by molar-refractivity contribution is -0.0504. The number of hydrogen-bond acceptors (Lipinski definition) is 9. The van der Waals surface area contributed by atoms with Crippen LogP contribution in [0, 0.1) is 0 Å². The zero-order chi connectivity index (χ0) is 21.7. The van der Waals surface area contributed by atoms with E-state index in [0.717, 1.165) is 6.42 Å². The minimum absolute atomic E-state index is 0.0603. The van der Waals surface area contributed by atoms with Gasteiger partial charge in [-0.05, 0) is 12.0 Å². The largest absolute Gasteiger partial charge is 0.394 e. The Labute approximate surface area is 176 Å². The molecule has 11 heteroatoms. The first-order chi connectivity index (χ1) is 15.0. The molecular formula is C20H24N6O5. The van der Waals surface area contributed by atoms with Crippen molar-refractivity contribution in [2.24, 2.45) is 0 Å². The highest BCUT2D eigenvalue weighted by Crippen LogP contribution is 2.37. The van der Waals surface area contributed by atoms with E-state index in [1.54, 1.807) is 0 Å². The van der Waals surface area contributed by atoms with Crippen LogP contribution >= 0.6 is 0 Å². The lowest BCUT2D eigenvalue weighted by atomic mass is 9.99. The molecule has 6 N–H and O–H groups in total. The summed E-state index contributed by atoms with van der Waals surface area (Å²) in [5.74, 6) is 0.573. The molecule has 0 unspecified atom stereocenters. The SMILES string of the molecule is Nc1nc2c(nc(N3CC[C@H](c4ccccc4)C3)n2[C@@H]2O[C@H](CO)[C@@H](O)[C@@H]2O)c(=O)[nH]1. The van der Waals surface area contributed by atoms with Gasteiger partial charge in [-0.2, -0.15) is 4.98 Å². The van der Waals surface area contributed by atoms with Gasteiger partial charge in [0, 0.05) is 19.0 Å². The van der Waals surface area contributed by atoms with E-state index in [2.05, 4.69) is 27.1 Å². The minimum atomic E-state index is -1.34. The number of nitrogens with two attached hydrogens (primary N) is 1. The fraction of sp³-hybridized carbons (Fsp3) is 0.450. The topological polar surface area (TPSA) is 163 Å². The van der Waals surface area contributed by atoms with Crippen LogP contribution in [0.15, 0.2) is 35.1 Å². The molecule has 2 aliphatic heterocycles. The number of aromatic amines is 1. The zero-order valence-electron chi connectivity index (χ0n) is 16.6. The van der Waals surface area contributed by atoms with E-state index in [-0.39, 0.29) is 23.0 Å². The van der Waals surface area contributed by atoms with Gasteiger partial charge < -0.3 is 30.7 Å². The quantitative estimate of drug-likeness (QED) is 0.362. The van der Waals surface area contributed by atoms with Gasteiger partial charge in [0.2, 0.25) is 11.9 Å². The number of fused-ring (bicyclic) bond motifs is 1. The van der Waals surface area contributed by atoms with E-state index in [1.165, 1.54) is 10.1 Å². The number of H-pyrrole nitrogens is 1. The van der Waals surface area contributed by atoms with Crippen molar-refractivity contribution in [2.75, 3.05) is 30.3 Å². The molecule has 5 atom stereocenters. The summed E-state index contributed by atoms with van der Waals surface area (Å²) in [5, 5.41) is 30.4. The molecule has 2 aromatic heterocycles. The van der Waals surface area contributed by atoms with Crippen LogP contribution in [0.5, 0.6) is 0 Å². The van der Waals surface area contributed by atoms with Crippen LogP contribution in [0.25, 0.3) is 11.2 Å². The van der Waals surface area contributed by atoms with Gasteiger partial charge in [0.15, 0.2) is 17.4 Å². The van der Waals surface area contributed by atoms with Crippen LogP contribution in [0.3, 0.4) is 0 Å². The Morgan fingerprint density at radius 1 is 1.19 bits per heavy atom. The fourth-order valence-corrected chi connectivity index (χ4v) is 4.48. The molecule has 164 valence electrons. The summed E-state index contributed by atoms with van der Waals surface area (Å²) in [5.41, 5.74) is 6.66. The molecule has 1 aromatic carbocycles. The molecule has 0 amide bonds. The molecular weight excluding hydrogens is 404 g/mol. The van der Waals surface area contributed by atoms with Gasteiger partial charge in [-0.3, -0.25) is 14.3 Å². The van der Waals surface area contributed by atoms with Gasteiger partial charge in [-0.1, -0.05) is 30.3 Å². The highest BCUT2D eigenvalue weighted by molar-refractivity contribution is 5.75. The summed E-state index contributed by atoms with van der Waals surface area (Å²) in [4.78, 5) is 25.7. The maximum absolute atomic E-state index is 12.5. The Morgan fingerprint density at radius 2 is 1.97 bits per heavy atom. The summed E-state index contributed by atoms with van der Waals surface area (Å²) >= 11 is 0. The molecule has 0 radical (unpaired) electrons. The molecule has 2 aliphatic rings. The Kier molecular flexibility index (Phi) is 4.89. The van der Waals surface area contributed by atoms with E-state index < -0.39 is 36.7 Å². The van der Waals surface area contributed by atoms with Crippen LogP contribution in [0.2, 0.25) is 0 Å². The van der Waals surface area contributed by atoms with Crippen molar-refractivity contribution in [3.63, 3.8) is 0 Å². The number of ether oxygens (including phenoxy) is 1. The maximum Gasteiger partial charge on any atom is 0.280 e. The Morgan fingerprint density at radius 3 is 2.68 bits per heavy atom. The van der Waals surface area contributed by atoms with Crippen molar-refractivity contribution in [1.82, 2.24) is 19.5 Å². The third-order valence-corrected chi connectivity index (χ3v) is 6.06. The number of aliphatic hydroxyl groups excluding tert-OH is 3. The number of anilines is 2.